The van der Waals surface area contributed by atoms with Crippen LogP contribution in [0.1, 0.15) is 24.4 Å². The van der Waals surface area contributed by atoms with Crippen LogP contribution >= 0.6 is 0 Å². The number of aromatic nitrogens is 2. The second-order valence-electron chi connectivity index (χ2n) is 2.80. The molecule has 0 fully saturated rings. The Morgan fingerprint density at radius 1 is 1.25 bits per heavy atom. The summed E-state index contributed by atoms with van der Waals surface area (Å²) in [6.07, 6.45) is 1.38. The number of aryl methyl sites for hydroxylation is 1. The fourth-order valence-electron chi connectivity index (χ4n) is 0.771. The monoisotopic (exact) mass is 168 g/mol. The average Bonchev–Trinajstić information content (AvgIpc) is 2.04. The van der Waals surface area contributed by atoms with Crippen molar-refractivity contribution in [2.75, 3.05) is 0 Å². The van der Waals surface area contributed by atoms with Crippen molar-refractivity contribution < 1.29 is 10.2 Å². The molecule has 0 saturated heterocycles. The van der Waals surface area contributed by atoms with Crippen LogP contribution in [-0.4, -0.2) is 26.3 Å². The van der Waals surface area contributed by atoms with Gasteiger partial charge in [0, 0.05) is 12.4 Å². The molecule has 0 aliphatic heterocycles. The maximum atomic E-state index is 9.31. The zero-order valence-electron chi connectivity index (χ0n) is 7.10. The molecule has 4 nitrogen and oxygen atoms in total. The molecule has 1 aromatic rings. The molecule has 0 bridgehead atoms. The van der Waals surface area contributed by atoms with Crippen molar-refractivity contribution in [1.29, 1.82) is 0 Å². The second-order valence-corrected chi connectivity index (χ2v) is 2.80. The lowest BCUT2D eigenvalue weighted by Gasteiger charge is -2.11. The molecular weight excluding hydrogens is 156 g/mol. The summed E-state index contributed by atoms with van der Waals surface area (Å²) in [6, 6.07) is 0. The summed E-state index contributed by atoms with van der Waals surface area (Å²) in [7, 11) is 0. The van der Waals surface area contributed by atoms with Gasteiger partial charge < -0.3 is 10.2 Å². The lowest BCUT2D eigenvalue weighted by molar-refractivity contribution is 0.0248. The van der Waals surface area contributed by atoms with E-state index >= 15 is 0 Å². The minimum Gasteiger partial charge on any atom is -0.390 e. The molecule has 1 heterocycles. The third-order valence-corrected chi connectivity index (χ3v) is 1.52. The van der Waals surface area contributed by atoms with E-state index in [2.05, 4.69) is 9.97 Å². The van der Waals surface area contributed by atoms with Crippen LogP contribution in [0.15, 0.2) is 12.4 Å². The van der Waals surface area contributed by atoms with Gasteiger partial charge in [-0.1, -0.05) is 0 Å². The van der Waals surface area contributed by atoms with Crippen LogP contribution in [0.5, 0.6) is 0 Å². The van der Waals surface area contributed by atoms with Gasteiger partial charge in [-0.15, -0.1) is 0 Å². The van der Waals surface area contributed by atoms with Crippen molar-refractivity contribution in [3.05, 3.63) is 23.8 Å². The van der Waals surface area contributed by atoms with Crippen LogP contribution in [-0.2, 0) is 0 Å². The molecule has 0 amide bonds. The highest BCUT2D eigenvalue weighted by Gasteiger charge is 2.15. The van der Waals surface area contributed by atoms with E-state index in [1.54, 1.807) is 12.4 Å². The van der Waals surface area contributed by atoms with E-state index in [-0.39, 0.29) is 5.82 Å². The molecule has 1 unspecified atom stereocenters. The van der Waals surface area contributed by atoms with Crippen LogP contribution in [0.2, 0.25) is 0 Å². The fraction of sp³-hybridized carbons (Fsp3) is 0.500. The van der Waals surface area contributed by atoms with Gasteiger partial charge in [0.15, 0.2) is 5.82 Å². The Balaban J connectivity index is 2.82. The van der Waals surface area contributed by atoms with Crippen molar-refractivity contribution in [3.8, 4) is 0 Å². The van der Waals surface area contributed by atoms with E-state index < -0.39 is 12.2 Å². The lowest BCUT2D eigenvalue weighted by Crippen LogP contribution is -2.16. The Hall–Kier alpha value is -1.00. The lowest BCUT2D eigenvalue weighted by atomic mass is 10.2. The van der Waals surface area contributed by atoms with Gasteiger partial charge in [-0.05, 0) is 19.4 Å². The summed E-state index contributed by atoms with van der Waals surface area (Å²) in [6.45, 7) is 3.35. The van der Waals surface area contributed by atoms with E-state index in [1.807, 2.05) is 6.92 Å². The second kappa shape index (κ2) is 3.60. The number of rotatable bonds is 2. The van der Waals surface area contributed by atoms with Gasteiger partial charge in [0.25, 0.3) is 0 Å². The molecule has 0 aliphatic carbocycles. The van der Waals surface area contributed by atoms with Crippen LogP contribution in [0.25, 0.3) is 0 Å². The molecule has 0 aliphatic rings. The largest absolute Gasteiger partial charge is 0.390 e. The van der Waals surface area contributed by atoms with Gasteiger partial charge in [0.05, 0.1) is 6.10 Å². The molecule has 1 aromatic heterocycles. The van der Waals surface area contributed by atoms with Gasteiger partial charge >= 0.3 is 0 Å². The normalized spacial score (nSPS) is 15.7. The highest BCUT2D eigenvalue weighted by molar-refractivity contribution is 5.03. The fourth-order valence-corrected chi connectivity index (χ4v) is 0.771. The van der Waals surface area contributed by atoms with E-state index in [0.717, 1.165) is 5.56 Å². The maximum Gasteiger partial charge on any atom is 0.159 e. The molecule has 0 spiro atoms. The van der Waals surface area contributed by atoms with E-state index in [9.17, 15) is 5.11 Å². The Bertz CT molecular complexity index is 246. The van der Waals surface area contributed by atoms with E-state index in [0.29, 0.717) is 0 Å². The summed E-state index contributed by atoms with van der Waals surface area (Å²) in [4.78, 5) is 7.76. The van der Waals surface area contributed by atoms with Gasteiger partial charge in [0.1, 0.15) is 6.10 Å². The molecule has 4 heteroatoms. The quantitative estimate of drug-likeness (QED) is 0.662. The van der Waals surface area contributed by atoms with E-state index in [1.165, 1.54) is 6.92 Å². The first-order valence-electron chi connectivity index (χ1n) is 3.76. The van der Waals surface area contributed by atoms with Crippen molar-refractivity contribution in [1.82, 2.24) is 9.97 Å². The number of aliphatic hydroxyl groups excluding tert-OH is 2. The van der Waals surface area contributed by atoms with Gasteiger partial charge in [0.2, 0.25) is 0 Å². The van der Waals surface area contributed by atoms with Crippen LogP contribution < -0.4 is 0 Å². The SMILES string of the molecule is Cc1cnc(C(O)[C@@H](C)O)nc1. The van der Waals surface area contributed by atoms with Crippen molar-refractivity contribution >= 4 is 0 Å². The standard InChI is InChI=1S/C8H12N2O2/c1-5-3-9-8(10-4-5)7(12)6(2)11/h3-4,6-7,11-12H,1-2H3/t6-,7?/m1/s1. The minimum atomic E-state index is -0.995. The molecule has 2 N–H and O–H groups in total. The van der Waals surface area contributed by atoms with Crippen molar-refractivity contribution in [3.63, 3.8) is 0 Å². The molecule has 2 atom stereocenters. The Kier molecular flexibility index (Phi) is 2.73. The highest BCUT2D eigenvalue weighted by Crippen LogP contribution is 2.10. The number of aliphatic hydroxyl groups is 2. The topological polar surface area (TPSA) is 66.2 Å². The first kappa shape index (κ1) is 9.09. The predicted molar refractivity (Wildman–Crippen MR) is 43.4 cm³/mol. The van der Waals surface area contributed by atoms with Crippen molar-refractivity contribution in [2.24, 2.45) is 0 Å². The zero-order chi connectivity index (χ0) is 9.14. The molecule has 0 radical (unpaired) electrons. The smallest absolute Gasteiger partial charge is 0.159 e. The molecule has 12 heavy (non-hydrogen) atoms. The molecule has 0 saturated carbocycles. The summed E-state index contributed by atoms with van der Waals surface area (Å²) in [5, 5.41) is 18.3. The Labute approximate surface area is 70.9 Å². The van der Waals surface area contributed by atoms with E-state index in [4.69, 9.17) is 5.11 Å². The van der Waals surface area contributed by atoms with Gasteiger partial charge in [-0.2, -0.15) is 0 Å². The number of hydrogen-bond acceptors (Lipinski definition) is 4. The van der Waals surface area contributed by atoms with Gasteiger partial charge in [-0.3, -0.25) is 0 Å². The summed E-state index contributed by atoms with van der Waals surface area (Å²) in [5.74, 6) is 0.260. The van der Waals surface area contributed by atoms with Crippen LogP contribution in [0.3, 0.4) is 0 Å². The highest BCUT2D eigenvalue weighted by atomic mass is 16.3. The Morgan fingerprint density at radius 3 is 2.17 bits per heavy atom. The molecular formula is C8H12N2O2. The third kappa shape index (κ3) is 1.99. The van der Waals surface area contributed by atoms with Crippen LogP contribution in [0.4, 0.5) is 0 Å². The average molecular weight is 168 g/mol. The van der Waals surface area contributed by atoms with Crippen LogP contribution in [0, 0.1) is 6.92 Å². The van der Waals surface area contributed by atoms with Crippen molar-refractivity contribution in [2.45, 2.75) is 26.1 Å². The molecule has 0 aromatic carbocycles. The zero-order valence-corrected chi connectivity index (χ0v) is 7.10. The summed E-state index contributed by atoms with van der Waals surface area (Å²) >= 11 is 0. The maximum absolute atomic E-state index is 9.31. The minimum absolute atomic E-state index is 0.260. The Morgan fingerprint density at radius 2 is 1.75 bits per heavy atom. The number of hydrogen-bond donors (Lipinski definition) is 2. The first-order chi connectivity index (χ1) is 5.61. The number of nitrogens with zero attached hydrogens (tertiary/aromatic N) is 2. The first-order valence-corrected chi connectivity index (χ1v) is 3.76. The summed E-state index contributed by atoms with van der Waals surface area (Å²) in [5.41, 5.74) is 0.927. The van der Waals surface area contributed by atoms with Gasteiger partial charge in [-0.25, -0.2) is 9.97 Å². The predicted octanol–water partition coefficient (Wildman–Crippen LogP) is 0.199. The molecule has 1 rings (SSSR count). The molecule has 66 valence electrons. The third-order valence-electron chi connectivity index (χ3n) is 1.52. The summed E-state index contributed by atoms with van der Waals surface area (Å²) < 4.78 is 0.